The van der Waals surface area contributed by atoms with E-state index in [0.717, 1.165) is 12.2 Å². The molecule has 2 rings (SSSR count). The minimum atomic E-state index is 0.605. The van der Waals surface area contributed by atoms with Gasteiger partial charge in [-0.05, 0) is 36.0 Å². The van der Waals surface area contributed by atoms with Gasteiger partial charge in [0.15, 0.2) is 0 Å². The third-order valence-corrected chi connectivity index (χ3v) is 4.00. The van der Waals surface area contributed by atoms with Crippen LogP contribution in [0, 0.1) is 5.41 Å². The topological polar surface area (TPSA) is 29.3 Å². The SMILES string of the molecule is CCC1(CC)CN(Cc2ccc(N)cc2)C1. The van der Waals surface area contributed by atoms with Gasteiger partial charge in [-0.2, -0.15) is 0 Å². The molecule has 16 heavy (non-hydrogen) atoms. The summed E-state index contributed by atoms with van der Waals surface area (Å²) >= 11 is 0. The first-order chi connectivity index (χ1) is 7.67. The second-order valence-electron chi connectivity index (χ2n) is 5.09. The molecule has 0 aliphatic carbocycles. The summed E-state index contributed by atoms with van der Waals surface area (Å²) in [4.78, 5) is 2.53. The van der Waals surface area contributed by atoms with Crippen molar-refractivity contribution in [3.63, 3.8) is 0 Å². The second kappa shape index (κ2) is 4.46. The van der Waals surface area contributed by atoms with Gasteiger partial charge in [-0.3, -0.25) is 4.90 Å². The van der Waals surface area contributed by atoms with Crippen molar-refractivity contribution in [2.75, 3.05) is 18.8 Å². The third kappa shape index (κ3) is 2.22. The fourth-order valence-electron chi connectivity index (χ4n) is 2.59. The lowest BCUT2D eigenvalue weighted by Gasteiger charge is -2.50. The van der Waals surface area contributed by atoms with Gasteiger partial charge in [0.25, 0.3) is 0 Å². The van der Waals surface area contributed by atoms with Crippen molar-refractivity contribution in [2.45, 2.75) is 33.2 Å². The van der Waals surface area contributed by atoms with Gasteiger partial charge >= 0.3 is 0 Å². The van der Waals surface area contributed by atoms with Crippen molar-refractivity contribution in [3.05, 3.63) is 29.8 Å². The molecule has 1 aromatic rings. The van der Waals surface area contributed by atoms with E-state index in [0.29, 0.717) is 5.41 Å². The van der Waals surface area contributed by atoms with Crippen molar-refractivity contribution in [2.24, 2.45) is 5.41 Å². The number of hydrogen-bond acceptors (Lipinski definition) is 2. The lowest BCUT2D eigenvalue weighted by atomic mass is 9.75. The zero-order chi connectivity index (χ0) is 11.6. The minimum absolute atomic E-state index is 0.605. The molecule has 1 heterocycles. The lowest BCUT2D eigenvalue weighted by molar-refractivity contribution is -0.0120. The zero-order valence-electron chi connectivity index (χ0n) is 10.4. The van der Waals surface area contributed by atoms with E-state index < -0.39 is 0 Å². The molecular weight excluding hydrogens is 196 g/mol. The van der Waals surface area contributed by atoms with E-state index in [1.54, 1.807) is 0 Å². The van der Waals surface area contributed by atoms with Crippen LogP contribution in [-0.4, -0.2) is 18.0 Å². The Morgan fingerprint density at radius 2 is 1.69 bits per heavy atom. The number of nitrogens with zero attached hydrogens (tertiary/aromatic N) is 1. The summed E-state index contributed by atoms with van der Waals surface area (Å²) in [6, 6.07) is 8.24. The highest BCUT2D eigenvalue weighted by Crippen LogP contribution is 2.37. The molecule has 0 saturated carbocycles. The molecule has 1 aliphatic heterocycles. The number of hydrogen-bond donors (Lipinski definition) is 1. The van der Waals surface area contributed by atoms with E-state index in [2.05, 4.69) is 30.9 Å². The summed E-state index contributed by atoms with van der Waals surface area (Å²) in [5, 5.41) is 0. The largest absolute Gasteiger partial charge is 0.399 e. The summed E-state index contributed by atoms with van der Waals surface area (Å²) in [6.45, 7) is 8.20. The fraction of sp³-hybridized carbons (Fsp3) is 0.571. The van der Waals surface area contributed by atoms with Crippen molar-refractivity contribution in [1.82, 2.24) is 4.90 Å². The van der Waals surface area contributed by atoms with Crippen LogP contribution in [0.2, 0.25) is 0 Å². The van der Waals surface area contributed by atoms with E-state index in [9.17, 15) is 0 Å². The number of benzene rings is 1. The van der Waals surface area contributed by atoms with Gasteiger partial charge in [-0.15, -0.1) is 0 Å². The zero-order valence-corrected chi connectivity index (χ0v) is 10.4. The van der Waals surface area contributed by atoms with E-state index in [4.69, 9.17) is 5.73 Å². The summed E-state index contributed by atoms with van der Waals surface area (Å²) in [6.07, 6.45) is 2.61. The van der Waals surface area contributed by atoms with Gasteiger partial charge in [-0.25, -0.2) is 0 Å². The predicted molar refractivity (Wildman–Crippen MR) is 69.1 cm³/mol. The van der Waals surface area contributed by atoms with Gasteiger partial charge in [0.05, 0.1) is 0 Å². The van der Waals surface area contributed by atoms with E-state index >= 15 is 0 Å². The first kappa shape index (κ1) is 11.5. The monoisotopic (exact) mass is 218 g/mol. The molecule has 1 aliphatic rings. The molecule has 1 fully saturated rings. The number of likely N-dealkylation sites (tertiary alicyclic amines) is 1. The molecule has 0 aromatic heterocycles. The van der Waals surface area contributed by atoms with Crippen LogP contribution in [0.1, 0.15) is 32.3 Å². The summed E-state index contributed by atoms with van der Waals surface area (Å²) in [5.41, 5.74) is 8.50. The lowest BCUT2D eigenvalue weighted by Crippen LogP contribution is -2.54. The van der Waals surface area contributed by atoms with Crippen LogP contribution in [0.15, 0.2) is 24.3 Å². The van der Waals surface area contributed by atoms with Gasteiger partial charge in [0, 0.05) is 25.3 Å². The predicted octanol–water partition coefficient (Wildman–Crippen LogP) is 2.89. The maximum absolute atomic E-state index is 5.68. The Bertz CT molecular complexity index is 330. The number of anilines is 1. The molecule has 2 nitrogen and oxygen atoms in total. The van der Waals surface area contributed by atoms with Gasteiger partial charge < -0.3 is 5.73 Å². The van der Waals surface area contributed by atoms with Crippen molar-refractivity contribution >= 4 is 5.69 Å². The summed E-state index contributed by atoms with van der Waals surface area (Å²) in [5.74, 6) is 0. The first-order valence-electron chi connectivity index (χ1n) is 6.24. The highest BCUT2D eigenvalue weighted by Gasteiger charge is 2.39. The average Bonchev–Trinajstić information content (AvgIpc) is 2.26. The van der Waals surface area contributed by atoms with Crippen LogP contribution >= 0.6 is 0 Å². The van der Waals surface area contributed by atoms with Gasteiger partial charge in [0.1, 0.15) is 0 Å². The summed E-state index contributed by atoms with van der Waals surface area (Å²) < 4.78 is 0. The number of nitrogen functional groups attached to an aromatic ring is 1. The van der Waals surface area contributed by atoms with Gasteiger partial charge in [0.2, 0.25) is 0 Å². The van der Waals surface area contributed by atoms with Crippen LogP contribution in [0.5, 0.6) is 0 Å². The Morgan fingerprint density at radius 3 is 2.19 bits per heavy atom. The minimum Gasteiger partial charge on any atom is -0.399 e. The molecule has 0 atom stereocenters. The van der Waals surface area contributed by atoms with E-state index in [1.807, 2.05) is 12.1 Å². The third-order valence-electron chi connectivity index (χ3n) is 4.00. The average molecular weight is 218 g/mol. The fourth-order valence-corrected chi connectivity index (χ4v) is 2.59. The van der Waals surface area contributed by atoms with Crippen molar-refractivity contribution < 1.29 is 0 Å². The highest BCUT2D eigenvalue weighted by molar-refractivity contribution is 5.39. The molecule has 0 unspecified atom stereocenters. The maximum Gasteiger partial charge on any atom is 0.0314 e. The Labute approximate surface area is 98.4 Å². The van der Waals surface area contributed by atoms with Crippen LogP contribution < -0.4 is 5.73 Å². The van der Waals surface area contributed by atoms with Crippen molar-refractivity contribution in [3.8, 4) is 0 Å². The number of nitrogens with two attached hydrogens (primary N) is 1. The molecule has 1 saturated heterocycles. The molecule has 0 spiro atoms. The highest BCUT2D eigenvalue weighted by atomic mass is 15.2. The Kier molecular flexibility index (Phi) is 3.20. The molecule has 88 valence electrons. The van der Waals surface area contributed by atoms with Crippen LogP contribution in [-0.2, 0) is 6.54 Å². The Hall–Kier alpha value is -1.02. The van der Waals surface area contributed by atoms with E-state index in [1.165, 1.54) is 31.5 Å². The van der Waals surface area contributed by atoms with Gasteiger partial charge in [-0.1, -0.05) is 26.0 Å². The number of rotatable bonds is 4. The molecule has 1 aromatic carbocycles. The summed E-state index contributed by atoms with van der Waals surface area (Å²) in [7, 11) is 0. The standard InChI is InChI=1S/C14H22N2/c1-3-14(4-2)10-16(11-14)9-12-5-7-13(15)8-6-12/h5-8H,3-4,9-11,15H2,1-2H3. The molecule has 2 heteroatoms. The Morgan fingerprint density at radius 1 is 1.12 bits per heavy atom. The van der Waals surface area contributed by atoms with Crippen LogP contribution in [0.25, 0.3) is 0 Å². The smallest absolute Gasteiger partial charge is 0.0314 e. The molecule has 0 bridgehead atoms. The normalized spacial score (nSPS) is 19.4. The van der Waals surface area contributed by atoms with Crippen LogP contribution in [0.3, 0.4) is 0 Å². The van der Waals surface area contributed by atoms with Crippen LogP contribution in [0.4, 0.5) is 5.69 Å². The van der Waals surface area contributed by atoms with Crippen molar-refractivity contribution in [1.29, 1.82) is 0 Å². The molecule has 2 N–H and O–H groups in total. The second-order valence-corrected chi connectivity index (χ2v) is 5.09. The maximum atomic E-state index is 5.68. The van der Waals surface area contributed by atoms with E-state index in [-0.39, 0.29) is 0 Å². The quantitative estimate of drug-likeness (QED) is 0.787. The molecule has 0 radical (unpaired) electrons. The Balaban J connectivity index is 1.87. The molecular formula is C14H22N2. The molecule has 0 amide bonds. The first-order valence-corrected chi connectivity index (χ1v) is 6.24.